The number of hydrogen-bond donors (Lipinski definition) is 10. The number of aliphatic hydroxyl groups is 8. The smallest absolute Gasteiger partial charge is 0.367 e. The van der Waals surface area contributed by atoms with Crippen molar-refractivity contribution in [1.82, 2.24) is 5.32 Å². The first-order valence-corrected chi connectivity index (χ1v) is 9.22. The number of amides is 1. The SMILES string of the molecule is CC(=O)N[C@@H]1[C@@H](O)[C@H](O)[C@@H](CO[C@]2(C(=O)O)O[C@H]([C@H](O)CO)[C@H](O)[C@H](O)[C@@H]2O)O[C@H]1O. The van der Waals surface area contributed by atoms with Gasteiger partial charge in [0.15, 0.2) is 6.29 Å². The fourth-order valence-corrected chi connectivity index (χ4v) is 3.40. The van der Waals surface area contributed by atoms with Crippen molar-refractivity contribution in [3.05, 3.63) is 0 Å². The highest BCUT2D eigenvalue weighted by Gasteiger charge is 2.61. The van der Waals surface area contributed by atoms with Crippen molar-refractivity contribution in [2.24, 2.45) is 0 Å². The monoisotopic (exact) mass is 457 g/mol. The molecule has 31 heavy (non-hydrogen) atoms. The maximum Gasteiger partial charge on any atom is 0.367 e. The number of aliphatic carboxylic acids is 1. The van der Waals surface area contributed by atoms with Crippen molar-refractivity contribution in [1.29, 1.82) is 0 Å². The van der Waals surface area contributed by atoms with Crippen LogP contribution in [0.1, 0.15) is 6.92 Å². The molecule has 1 amide bonds. The molecule has 0 bridgehead atoms. The van der Waals surface area contributed by atoms with Crippen LogP contribution in [0.25, 0.3) is 0 Å². The van der Waals surface area contributed by atoms with E-state index in [-0.39, 0.29) is 0 Å². The number of hydrogen-bond acceptors (Lipinski definition) is 13. The zero-order chi connectivity index (χ0) is 23.7. The highest BCUT2D eigenvalue weighted by atomic mass is 16.7. The summed E-state index contributed by atoms with van der Waals surface area (Å²) in [7, 11) is 0. The molecule has 2 rings (SSSR count). The van der Waals surface area contributed by atoms with Gasteiger partial charge < -0.3 is 65.5 Å². The van der Waals surface area contributed by atoms with Crippen molar-refractivity contribution >= 4 is 11.9 Å². The Kier molecular flexibility index (Phi) is 8.28. The zero-order valence-corrected chi connectivity index (χ0v) is 16.3. The van der Waals surface area contributed by atoms with Crippen LogP contribution in [-0.4, -0.2) is 138 Å². The second-order valence-electron chi connectivity index (χ2n) is 7.31. The maximum atomic E-state index is 11.9. The standard InChI is InChI=1S/C16H27NO14/c1-4(19)17-7-9(22)8(21)6(30-14(7)26)3-29-16(15(27)28)13(25)11(24)10(23)12(31-16)5(20)2-18/h5-14,18,20-26H,2-3H2,1H3,(H,17,19)(H,27,28)/t5-,6-,7-,8-,9-,10-,11+,12-,13+,14-,16+/m1/s1. The number of nitrogens with one attached hydrogen (secondary N) is 1. The highest BCUT2D eigenvalue weighted by molar-refractivity contribution is 5.77. The third kappa shape index (κ3) is 4.96. The van der Waals surface area contributed by atoms with Gasteiger partial charge in [0, 0.05) is 6.92 Å². The van der Waals surface area contributed by atoms with E-state index in [9.17, 15) is 50.4 Å². The topological polar surface area (TPSA) is 256 Å². The summed E-state index contributed by atoms with van der Waals surface area (Å²) in [4.78, 5) is 23.0. The van der Waals surface area contributed by atoms with E-state index < -0.39 is 92.0 Å². The van der Waals surface area contributed by atoms with Crippen LogP contribution in [0.2, 0.25) is 0 Å². The summed E-state index contributed by atoms with van der Waals surface area (Å²) in [6.07, 6.45) is -17.3. The number of carbonyl (C=O) groups excluding carboxylic acids is 1. The first kappa shape index (κ1) is 25.8. The average Bonchev–Trinajstić information content (AvgIpc) is 2.71. The molecule has 0 radical (unpaired) electrons. The third-order valence-corrected chi connectivity index (χ3v) is 5.13. The molecule has 0 aliphatic carbocycles. The predicted octanol–water partition coefficient (Wildman–Crippen LogP) is -6.44. The summed E-state index contributed by atoms with van der Waals surface area (Å²) >= 11 is 0. The second kappa shape index (κ2) is 9.97. The molecule has 0 unspecified atom stereocenters. The van der Waals surface area contributed by atoms with Crippen LogP contribution in [0.4, 0.5) is 0 Å². The van der Waals surface area contributed by atoms with Gasteiger partial charge in [0.05, 0.1) is 13.2 Å². The van der Waals surface area contributed by atoms with Gasteiger partial charge in [-0.2, -0.15) is 0 Å². The van der Waals surface area contributed by atoms with E-state index in [0.717, 1.165) is 6.92 Å². The second-order valence-corrected chi connectivity index (χ2v) is 7.31. The van der Waals surface area contributed by atoms with E-state index >= 15 is 0 Å². The van der Waals surface area contributed by atoms with E-state index in [1.54, 1.807) is 0 Å². The number of ether oxygens (including phenoxy) is 3. The zero-order valence-electron chi connectivity index (χ0n) is 16.3. The van der Waals surface area contributed by atoms with Crippen LogP contribution in [-0.2, 0) is 23.8 Å². The number of carboxylic acid groups (broad SMARTS) is 1. The van der Waals surface area contributed by atoms with Gasteiger partial charge in [-0.25, -0.2) is 4.79 Å². The van der Waals surface area contributed by atoms with Crippen LogP contribution in [0.3, 0.4) is 0 Å². The van der Waals surface area contributed by atoms with Gasteiger partial charge >= 0.3 is 5.97 Å². The molecule has 0 aromatic rings. The Morgan fingerprint density at radius 1 is 1.06 bits per heavy atom. The van der Waals surface area contributed by atoms with Crippen LogP contribution in [0, 0.1) is 0 Å². The van der Waals surface area contributed by atoms with Gasteiger partial charge in [0.2, 0.25) is 5.91 Å². The Hall–Kier alpha value is -1.50. The van der Waals surface area contributed by atoms with Crippen molar-refractivity contribution in [2.45, 2.75) is 73.9 Å². The molecule has 10 N–H and O–H groups in total. The van der Waals surface area contributed by atoms with E-state index in [2.05, 4.69) is 5.32 Å². The Balaban J connectivity index is 2.21. The van der Waals surface area contributed by atoms with Gasteiger partial charge in [-0.05, 0) is 0 Å². The molecule has 2 aliphatic rings. The molecule has 15 nitrogen and oxygen atoms in total. The highest BCUT2D eigenvalue weighted by Crippen LogP contribution is 2.34. The van der Waals surface area contributed by atoms with Crippen molar-refractivity contribution in [3.63, 3.8) is 0 Å². The summed E-state index contributed by atoms with van der Waals surface area (Å²) in [6.45, 7) is -0.833. The minimum atomic E-state index is -3.09. The summed E-state index contributed by atoms with van der Waals surface area (Å²) in [5, 5.41) is 91.0. The van der Waals surface area contributed by atoms with Gasteiger partial charge in [-0.15, -0.1) is 0 Å². The Morgan fingerprint density at radius 2 is 1.68 bits per heavy atom. The van der Waals surface area contributed by atoms with E-state index in [1.807, 2.05) is 0 Å². The average molecular weight is 457 g/mol. The van der Waals surface area contributed by atoms with Crippen LogP contribution in [0.5, 0.6) is 0 Å². The summed E-state index contributed by atoms with van der Waals surface area (Å²) in [5.41, 5.74) is 0. The number of rotatable bonds is 7. The Morgan fingerprint density at radius 3 is 2.19 bits per heavy atom. The maximum absolute atomic E-state index is 11.9. The lowest BCUT2D eigenvalue weighted by atomic mass is 9.90. The van der Waals surface area contributed by atoms with E-state index in [0.29, 0.717) is 0 Å². The van der Waals surface area contributed by atoms with Crippen molar-refractivity contribution in [2.75, 3.05) is 13.2 Å². The lowest BCUT2D eigenvalue weighted by molar-refractivity contribution is -0.368. The predicted molar refractivity (Wildman–Crippen MR) is 92.8 cm³/mol. The molecule has 0 aromatic heterocycles. The minimum absolute atomic E-state index is 0.641. The molecular weight excluding hydrogens is 430 g/mol. The molecule has 2 aliphatic heterocycles. The molecule has 0 spiro atoms. The number of aliphatic hydroxyl groups excluding tert-OH is 8. The molecule has 11 atom stereocenters. The molecule has 0 aromatic carbocycles. The van der Waals surface area contributed by atoms with Gasteiger partial charge in [0.1, 0.15) is 54.9 Å². The van der Waals surface area contributed by atoms with Crippen molar-refractivity contribution < 1.29 is 69.8 Å². The molecule has 2 heterocycles. The summed E-state index contributed by atoms with van der Waals surface area (Å²) in [5.74, 6) is -5.73. The fourth-order valence-electron chi connectivity index (χ4n) is 3.40. The van der Waals surface area contributed by atoms with Crippen LogP contribution < -0.4 is 5.32 Å². The normalized spacial score (nSPS) is 44.5. The van der Waals surface area contributed by atoms with E-state index in [4.69, 9.17) is 19.3 Å². The first-order valence-electron chi connectivity index (χ1n) is 9.22. The fraction of sp³-hybridized carbons (Fsp3) is 0.875. The summed E-state index contributed by atoms with van der Waals surface area (Å²) < 4.78 is 15.2. The molecule has 15 heteroatoms. The quantitative estimate of drug-likeness (QED) is 0.171. The van der Waals surface area contributed by atoms with Gasteiger partial charge in [-0.1, -0.05) is 0 Å². The Labute approximate surface area is 175 Å². The first-order chi connectivity index (χ1) is 14.4. The van der Waals surface area contributed by atoms with Crippen LogP contribution >= 0.6 is 0 Å². The summed E-state index contributed by atoms with van der Waals surface area (Å²) in [6, 6.07) is -1.41. The Bertz CT molecular complexity index is 650. The van der Waals surface area contributed by atoms with Gasteiger partial charge in [0.25, 0.3) is 5.79 Å². The largest absolute Gasteiger partial charge is 0.477 e. The molecular formula is C16H27NO14. The third-order valence-electron chi connectivity index (χ3n) is 5.13. The van der Waals surface area contributed by atoms with Crippen molar-refractivity contribution in [3.8, 4) is 0 Å². The van der Waals surface area contributed by atoms with Gasteiger partial charge in [-0.3, -0.25) is 4.79 Å². The lowest BCUT2D eigenvalue weighted by Gasteiger charge is -2.47. The number of carboxylic acids is 1. The molecule has 0 saturated carbocycles. The molecule has 180 valence electrons. The molecule has 2 saturated heterocycles. The number of carbonyl (C=O) groups is 2. The van der Waals surface area contributed by atoms with E-state index in [1.165, 1.54) is 0 Å². The molecule has 2 fully saturated rings. The lowest BCUT2D eigenvalue weighted by Crippen LogP contribution is -2.71. The van der Waals surface area contributed by atoms with Crippen LogP contribution in [0.15, 0.2) is 0 Å². The minimum Gasteiger partial charge on any atom is -0.477 e.